The van der Waals surface area contributed by atoms with Crippen molar-refractivity contribution in [3.05, 3.63) is 0 Å². The van der Waals surface area contributed by atoms with E-state index in [1.54, 1.807) is 7.05 Å². The summed E-state index contributed by atoms with van der Waals surface area (Å²) in [6.45, 7) is 2.51. The van der Waals surface area contributed by atoms with Gasteiger partial charge in [-0.05, 0) is 6.42 Å². The first-order valence-electron chi connectivity index (χ1n) is 4.61. The summed E-state index contributed by atoms with van der Waals surface area (Å²) in [4.78, 5) is 24.1. The molecule has 0 saturated carbocycles. The van der Waals surface area contributed by atoms with Crippen molar-refractivity contribution in [3.63, 3.8) is 0 Å². The Balaban J connectivity index is 2.70. The number of carboxylic acid groups (broad SMARTS) is 1. The van der Waals surface area contributed by atoms with Crippen LogP contribution in [0.25, 0.3) is 0 Å². The molecular formula is C9H15NO4. The summed E-state index contributed by atoms with van der Waals surface area (Å²) >= 11 is 0. The van der Waals surface area contributed by atoms with Gasteiger partial charge in [-0.3, -0.25) is 9.59 Å². The third kappa shape index (κ3) is 1.59. The Morgan fingerprint density at radius 1 is 1.50 bits per heavy atom. The van der Waals surface area contributed by atoms with E-state index >= 15 is 0 Å². The molecule has 0 aromatic rings. The fourth-order valence-corrected chi connectivity index (χ4v) is 1.45. The van der Waals surface area contributed by atoms with Crippen molar-refractivity contribution in [1.29, 1.82) is 0 Å². The number of carbonyl (C=O) groups is 2. The Labute approximate surface area is 82.6 Å². The van der Waals surface area contributed by atoms with Gasteiger partial charge in [0.2, 0.25) is 5.91 Å². The molecule has 0 aromatic carbocycles. The number of rotatable bonds is 4. The predicted octanol–water partition coefficient (Wildman–Crippen LogP) is -0.0440. The van der Waals surface area contributed by atoms with Crippen LogP contribution in [-0.4, -0.2) is 48.7 Å². The van der Waals surface area contributed by atoms with E-state index in [4.69, 9.17) is 9.84 Å². The van der Waals surface area contributed by atoms with Gasteiger partial charge >= 0.3 is 5.97 Å². The summed E-state index contributed by atoms with van der Waals surface area (Å²) in [6, 6.07) is 0. The van der Waals surface area contributed by atoms with Crippen LogP contribution >= 0.6 is 0 Å². The van der Waals surface area contributed by atoms with Crippen molar-refractivity contribution < 1.29 is 19.4 Å². The molecule has 5 heteroatoms. The Hall–Kier alpha value is -1.10. The highest BCUT2D eigenvalue weighted by Gasteiger charge is 2.54. The number of carbonyl (C=O) groups excluding carboxylic acids is 1. The van der Waals surface area contributed by atoms with Crippen LogP contribution in [0.5, 0.6) is 0 Å². The van der Waals surface area contributed by atoms with Crippen molar-refractivity contribution in [1.82, 2.24) is 4.90 Å². The standard InChI is InChI=1S/C9H15NO4/c1-3-4-10(2)7(11)9(8(12)13)5-14-6-9/h3-6H2,1-2H3,(H,12,13). The van der Waals surface area contributed by atoms with Crippen LogP contribution in [-0.2, 0) is 14.3 Å². The number of carboxylic acids is 1. The molecule has 0 spiro atoms. The molecule has 0 aromatic heterocycles. The quantitative estimate of drug-likeness (QED) is 0.648. The fraction of sp³-hybridized carbons (Fsp3) is 0.778. The van der Waals surface area contributed by atoms with Crippen LogP contribution in [0.3, 0.4) is 0 Å². The lowest BCUT2D eigenvalue weighted by Crippen LogP contribution is -2.59. The molecular weight excluding hydrogens is 186 g/mol. The lowest BCUT2D eigenvalue weighted by molar-refractivity contribution is -0.190. The molecule has 1 N–H and O–H groups in total. The number of ether oxygens (including phenoxy) is 1. The molecule has 1 aliphatic rings. The maximum atomic E-state index is 11.7. The smallest absolute Gasteiger partial charge is 0.324 e. The van der Waals surface area contributed by atoms with E-state index in [0.29, 0.717) is 6.54 Å². The van der Waals surface area contributed by atoms with Gasteiger partial charge in [-0.1, -0.05) is 6.92 Å². The van der Waals surface area contributed by atoms with E-state index in [2.05, 4.69) is 0 Å². The predicted molar refractivity (Wildman–Crippen MR) is 48.8 cm³/mol. The summed E-state index contributed by atoms with van der Waals surface area (Å²) in [5, 5.41) is 8.94. The first-order chi connectivity index (χ1) is 6.54. The molecule has 1 rings (SSSR count). The normalized spacial score (nSPS) is 18.4. The zero-order valence-electron chi connectivity index (χ0n) is 8.45. The Morgan fingerprint density at radius 3 is 2.36 bits per heavy atom. The summed E-state index contributed by atoms with van der Waals surface area (Å²) in [6.07, 6.45) is 0.818. The molecule has 0 atom stereocenters. The molecule has 5 nitrogen and oxygen atoms in total. The molecule has 1 fully saturated rings. The monoisotopic (exact) mass is 201 g/mol. The van der Waals surface area contributed by atoms with Gasteiger partial charge < -0.3 is 14.7 Å². The van der Waals surface area contributed by atoms with Gasteiger partial charge in [0.25, 0.3) is 0 Å². The molecule has 1 saturated heterocycles. The largest absolute Gasteiger partial charge is 0.480 e. The minimum absolute atomic E-state index is 0.00474. The average molecular weight is 201 g/mol. The molecule has 80 valence electrons. The van der Waals surface area contributed by atoms with Crippen molar-refractivity contribution in [2.45, 2.75) is 13.3 Å². The van der Waals surface area contributed by atoms with E-state index in [1.165, 1.54) is 4.90 Å². The van der Waals surface area contributed by atoms with Crippen molar-refractivity contribution >= 4 is 11.9 Å². The van der Waals surface area contributed by atoms with E-state index < -0.39 is 11.4 Å². The number of hydrogen-bond acceptors (Lipinski definition) is 3. The summed E-state index contributed by atoms with van der Waals surface area (Å²) in [5.74, 6) is -1.44. The Kier molecular flexibility index (Phi) is 3.10. The van der Waals surface area contributed by atoms with E-state index in [-0.39, 0.29) is 19.1 Å². The van der Waals surface area contributed by atoms with Gasteiger partial charge in [0.05, 0.1) is 13.2 Å². The van der Waals surface area contributed by atoms with E-state index in [1.807, 2.05) is 6.92 Å². The first kappa shape index (κ1) is 11.0. The Bertz CT molecular complexity index is 247. The summed E-state index contributed by atoms with van der Waals surface area (Å²) < 4.78 is 4.82. The highest BCUT2D eigenvalue weighted by molar-refractivity contribution is 6.03. The third-order valence-corrected chi connectivity index (χ3v) is 2.42. The number of aliphatic carboxylic acids is 1. The summed E-state index contributed by atoms with van der Waals surface area (Å²) in [7, 11) is 1.62. The maximum Gasteiger partial charge on any atom is 0.324 e. The number of amides is 1. The Morgan fingerprint density at radius 2 is 2.07 bits per heavy atom. The van der Waals surface area contributed by atoms with Gasteiger partial charge in [0.1, 0.15) is 0 Å². The second kappa shape index (κ2) is 3.96. The first-order valence-corrected chi connectivity index (χ1v) is 4.61. The highest BCUT2D eigenvalue weighted by atomic mass is 16.5. The van der Waals surface area contributed by atoms with Crippen LogP contribution < -0.4 is 0 Å². The number of nitrogens with zero attached hydrogens (tertiary/aromatic N) is 1. The SMILES string of the molecule is CCCN(C)C(=O)C1(C(=O)O)COC1. The third-order valence-electron chi connectivity index (χ3n) is 2.42. The molecule has 1 amide bonds. The average Bonchev–Trinajstić information content (AvgIpc) is 2.01. The molecule has 0 radical (unpaired) electrons. The fourth-order valence-electron chi connectivity index (χ4n) is 1.45. The van der Waals surface area contributed by atoms with Crippen molar-refractivity contribution in [3.8, 4) is 0 Å². The molecule has 0 aliphatic carbocycles. The van der Waals surface area contributed by atoms with Crippen molar-refractivity contribution in [2.24, 2.45) is 5.41 Å². The highest BCUT2D eigenvalue weighted by Crippen LogP contribution is 2.29. The van der Waals surface area contributed by atoms with Gasteiger partial charge in [-0.15, -0.1) is 0 Å². The van der Waals surface area contributed by atoms with Gasteiger partial charge in [-0.2, -0.15) is 0 Å². The molecule has 0 unspecified atom stereocenters. The van der Waals surface area contributed by atoms with Gasteiger partial charge in [-0.25, -0.2) is 0 Å². The van der Waals surface area contributed by atoms with Crippen LogP contribution in [0, 0.1) is 5.41 Å². The maximum absolute atomic E-state index is 11.7. The van der Waals surface area contributed by atoms with Crippen LogP contribution in [0.15, 0.2) is 0 Å². The lowest BCUT2D eigenvalue weighted by atomic mass is 9.84. The lowest BCUT2D eigenvalue weighted by Gasteiger charge is -2.38. The molecule has 0 bridgehead atoms. The second-order valence-corrected chi connectivity index (χ2v) is 3.61. The number of hydrogen-bond donors (Lipinski definition) is 1. The minimum Gasteiger partial charge on any atom is -0.480 e. The van der Waals surface area contributed by atoms with Crippen LogP contribution in [0.4, 0.5) is 0 Å². The minimum atomic E-state index is -1.32. The molecule has 1 aliphatic heterocycles. The van der Waals surface area contributed by atoms with Gasteiger partial charge in [0.15, 0.2) is 5.41 Å². The zero-order valence-corrected chi connectivity index (χ0v) is 8.45. The van der Waals surface area contributed by atoms with Crippen molar-refractivity contribution in [2.75, 3.05) is 26.8 Å². The van der Waals surface area contributed by atoms with Crippen LogP contribution in [0.2, 0.25) is 0 Å². The topological polar surface area (TPSA) is 66.8 Å². The zero-order chi connectivity index (χ0) is 10.8. The van der Waals surface area contributed by atoms with Crippen LogP contribution in [0.1, 0.15) is 13.3 Å². The molecule has 14 heavy (non-hydrogen) atoms. The summed E-state index contributed by atoms with van der Waals surface area (Å²) in [5.41, 5.74) is -1.32. The van der Waals surface area contributed by atoms with E-state index in [0.717, 1.165) is 6.42 Å². The van der Waals surface area contributed by atoms with E-state index in [9.17, 15) is 9.59 Å². The second-order valence-electron chi connectivity index (χ2n) is 3.61. The molecule has 1 heterocycles. The van der Waals surface area contributed by atoms with Gasteiger partial charge in [0, 0.05) is 13.6 Å².